The minimum atomic E-state index is -4.33. The first kappa shape index (κ1) is 15.6. The lowest BCUT2D eigenvalue weighted by molar-refractivity contribution is -0.172. The Bertz CT molecular complexity index is 396. The first-order valence-corrected chi connectivity index (χ1v) is 5.73. The van der Waals surface area contributed by atoms with Gasteiger partial charge in [0, 0.05) is 18.3 Å². The molecule has 0 aliphatic heterocycles. The van der Waals surface area contributed by atoms with Crippen LogP contribution in [0.25, 0.3) is 0 Å². The predicted octanol–water partition coefficient (Wildman–Crippen LogP) is 3.22. The molecule has 0 spiro atoms. The van der Waals surface area contributed by atoms with Gasteiger partial charge in [-0.1, -0.05) is 0 Å². The molecule has 108 valence electrons. The average molecular weight is 281 g/mol. The van der Waals surface area contributed by atoms with Crippen LogP contribution in [0.5, 0.6) is 5.75 Å². The van der Waals surface area contributed by atoms with Gasteiger partial charge >= 0.3 is 6.18 Å². The maximum atomic E-state index is 13.4. The van der Waals surface area contributed by atoms with Gasteiger partial charge in [-0.25, -0.2) is 4.39 Å². The van der Waals surface area contributed by atoms with Crippen molar-refractivity contribution in [3.63, 3.8) is 0 Å². The summed E-state index contributed by atoms with van der Waals surface area (Å²) in [7, 11) is 0. The van der Waals surface area contributed by atoms with E-state index in [2.05, 4.69) is 10.1 Å². The second-order valence-electron chi connectivity index (χ2n) is 3.67. The lowest BCUT2D eigenvalue weighted by Crippen LogP contribution is -2.20. The molecule has 0 aliphatic rings. The van der Waals surface area contributed by atoms with Crippen molar-refractivity contribution in [2.24, 2.45) is 0 Å². The van der Waals surface area contributed by atoms with E-state index in [0.717, 1.165) is 0 Å². The second kappa shape index (κ2) is 7.18. The third kappa shape index (κ3) is 6.28. The molecule has 7 heteroatoms. The Balaban J connectivity index is 2.32. The fourth-order valence-electron chi connectivity index (χ4n) is 1.34. The van der Waals surface area contributed by atoms with Gasteiger partial charge in [-0.2, -0.15) is 13.2 Å². The van der Waals surface area contributed by atoms with Gasteiger partial charge in [0.1, 0.15) is 6.61 Å². The quantitative estimate of drug-likeness (QED) is 0.615. The molecule has 1 N–H and O–H groups in total. The van der Waals surface area contributed by atoms with Crippen LogP contribution in [0.3, 0.4) is 0 Å². The first-order valence-electron chi connectivity index (χ1n) is 5.73. The highest BCUT2D eigenvalue weighted by molar-refractivity contribution is 5.47. The topological polar surface area (TPSA) is 30.5 Å². The van der Waals surface area contributed by atoms with Crippen molar-refractivity contribution in [2.45, 2.75) is 13.1 Å². The summed E-state index contributed by atoms with van der Waals surface area (Å²) in [6.45, 7) is 0.850. The van der Waals surface area contributed by atoms with Crippen LogP contribution < -0.4 is 10.1 Å². The summed E-state index contributed by atoms with van der Waals surface area (Å²) < 4.78 is 58.2. The highest BCUT2D eigenvalue weighted by Crippen LogP contribution is 2.21. The fraction of sp³-hybridized carbons (Fsp3) is 0.500. The van der Waals surface area contributed by atoms with Crippen molar-refractivity contribution in [3.8, 4) is 5.75 Å². The van der Waals surface area contributed by atoms with Gasteiger partial charge in [0.05, 0.1) is 13.2 Å². The Morgan fingerprint density at radius 1 is 1.26 bits per heavy atom. The van der Waals surface area contributed by atoms with Crippen molar-refractivity contribution in [1.82, 2.24) is 0 Å². The van der Waals surface area contributed by atoms with Crippen LogP contribution in [0.1, 0.15) is 6.92 Å². The summed E-state index contributed by atoms with van der Waals surface area (Å²) in [6.07, 6.45) is -4.33. The van der Waals surface area contributed by atoms with Gasteiger partial charge in [0.15, 0.2) is 11.6 Å². The molecule has 0 bridgehead atoms. The van der Waals surface area contributed by atoms with Crippen LogP contribution in [0.15, 0.2) is 18.2 Å². The predicted molar refractivity (Wildman–Crippen MR) is 62.9 cm³/mol. The molecule has 0 aromatic heterocycles. The summed E-state index contributed by atoms with van der Waals surface area (Å²) in [4.78, 5) is 0. The molecule has 0 saturated heterocycles. The van der Waals surface area contributed by atoms with Gasteiger partial charge in [0.2, 0.25) is 0 Å². The molecule has 0 saturated carbocycles. The number of halogens is 4. The van der Waals surface area contributed by atoms with E-state index in [1.807, 2.05) is 0 Å². The molecule has 3 nitrogen and oxygen atoms in total. The number of hydrogen-bond donors (Lipinski definition) is 1. The molecule has 0 amide bonds. The standard InChI is InChI=1S/C12H15F4NO2/c1-2-19-11-4-3-9(7-10(11)13)17-5-6-18-8-12(14,15)16/h3-4,7,17H,2,5-6,8H2,1H3. The zero-order chi connectivity index (χ0) is 14.3. The third-order valence-corrected chi connectivity index (χ3v) is 2.07. The van der Waals surface area contributed by atoms with Crippen LogP contribution in [0.2, 0.25) is 0 Å². The van der Waals surface area contributed by atoms with Crippen LogP contribution in [0, 0.1) is 5.82 Å². The molecule has 1 aromatic rings. The number of anilines is 1. The van der Waals surface area contributed by atoms with Crippen LogP contribution in [0.4, 0.5) is 23.2 Å². The zero-order valence-corrected chi connectivity index (χ0v) is 10.4. The molecule has 0 unspecified atom stereocenters. The monoisotopic (exact) mass is 281 g/mol. The zero-order valence-electron chi connectivity index (χ0n) is 10.4. The van der Waals surface area contributed by atoms with Crippen LogP contribution >= 0.6 is 0 Å². The highest BCUT2D eigenvalue weighted by Gasteiger charge is 2.27. The molecule has 0 fully saturated rings. The van der Waals surface area contributed by atoms with Crippen molar-refractivity contribution in [1.29, 1.82) is 0 Å². The maximum absolute atomic E-state index is 13.4. The fourth-order valence-corrected chi connectivity index (χ4v) is 1.34. The lowest BCUT2D eigenvalue weighted by Gasteiger charge is -2.10. The Morgan fingerprint density at radius 3 is 2.58 bits per heavy atom. The van der Waals surface area contributed by atoms with E-state index in [9.17, 15) is 17.6 Å². The molecule has 0 aliphatic carbocycles. The number of hydrogen-bond acceptors (Lipinski definition) is 3. The highest BCUT2D eigenvalue weighted by atomic mass is 19.4. The average Bonchev–Trinajstić information content (AvgIpc) is 2.31. The van der Waals surface area contributed by atoms with Gasteiger partial charge in [-0.05, 0) is 19.1 Å². The van der Waals surface area contributed by atoms with Gasteiger partial charge in [0.25, 0.3) is 0 Å². The molecule has 0 radical (unpaired) electrons. The third-order valence-electron chi connectivity index (χ3n) is 2.07. The summed E-state index contributed by atoms with van der Waals surface area (Å²) in [5.74, 6) is -0.385. The maximum Gasteiger partial charge on any atom is 0.411 e. The Morgan fingerprint density at radius 2 is 2.00 bits per heavy atom. The smallest absolute Gasteiger partial charge is 0.411 e. The first-order chi connectivity index (χ1) is 8.92. The largest absolute Gasteiger partial charge is 0.491 e. The van der Waals surface area contributed by atoms with E-state index in [4.69, 9.17) is 4.74 Å². The molecule has 19 heavy (non-hydrogen) atoms. The van der Waals surface area contributed by atoms with Gasteiger partial charge in [-0.15, -0.1) is 0 Å². The van der Waals surface area contributed by atoms with Crippen molar-refractivity contribution >= 4 is 5.69 Å². The van der Waals surface area contributed by atoms with Crippen LogP contribution in [-0.4, -0.2) is 32.5 Å². The SMILES string of the molecule is CCOc1ccc(NCCOCC(F)(F)F)cc1F. The number of alkyl halides is 3. The second-order valence-corrected chi connectivity index (χ2v) is 3.67. The molecular formula is C12H15F4NO2. The molecule has 0 atom stereocenters. The van der Waals surface area contributed by atoms with E-state index in [-0.39, 0.29) is 18.9 Å². The molecule has 1 rings (SSSR count). The Labute approximate surface area is 108 Å². The van der Waals surface area contributed by atoms with E-state index in [1.54, 1.807) is 13.0 Å². The van der Waals surface area contributed by atoms with Gasteiger partial charge < -0.3 is 14.8 Å². The van der Waals surface area contributed by atoms with Crippen molar-refractivity contribution in [2.75, 3.05) is 31.7 Å². The molecule has 1 aromatic carbocycles. The number of ether oxygens (including phenoxy) is 2. The minimum absolute atomic E-state index is 0.117. The van der Waals surface area contributed by atoms with Crippen molar-refractivity contribution < 1.29 is 27.0 Å². The number of rotatable bonds is 7. The summed E-state index contributed by atoms with van der Waals surface area (Å²) >= 11 is 0. The van der Waals surface area contributed by atoms with Crippen molar-refractivity contribution in [3.05, 3.63) is 24.0 Å². The normalized spacial score (nSPS) is 11.4. The Kier molecular flexibility index (Phi) is 5.88. The van der Waals surface area contributed by atoms with E-state index in [1.165, 1.54) is 12.1 Å². The lowest BCUT2D eigenvalue weighted by atomic mass is 10.3. The molecule has 0 heterocycles. The Hall–Kier alpha value is -1.50. The minimum Gasteiger partial charge on any atom is -0.491 e. The van der Waals surface area contributed by atoms with E-state index < -0.39 is 18.6 Å². The van der Waals surface area contributed by atoms with Gasteiger partial charge in [-0.3, -0.25) is 0 Å². The summed E-state index contributed by atoms with van der Waals surface area (Å²) in [5, 5.41) is 2.75. The number of benzene rings is 1. The number of nitrogens with one attached hydrogen (secondary N) is 1. The summed E-state index contributed by atoms with van der Waals surface area (Å²) in [5.41, 5.74) is 0.455. The van der Waals surface area contributed by atoms with Crippen LogP contribution in [-0.2, 0) is 4.74 Å². The summed E-state index contributed by atoms with van der Waals surface area (Å²) in [6, 6.07) is 4.25. The van der Waals surface area contributed by atoms with E-state index >= 15 is 0 Å². The molecular weight excluding hydrogens is 266 g/mol. The van der Waals surface area contributed by atoms with E-state index in [0.29, 0.717) is 12.3 Å².